The summed E-state index contributed by atoms with van der Waals surface area (Å²) in [4.78, 5) is 21.2. The summed E-state index contributed by atoms with van der Waals surface area (Å²) in [6, 6.07) is 8.30. The molecule has 2 aliphatic rings. The fourth-order valence-corrected chi connectivity index (χ4v) is 6.97. The van der Waals surface area contributed by atoms with E-state index in [0.29, 0.717) is 25.7 Å². The van der Waals surface area contributed by atoms with Gasteiger partial charge in [-0.2, -0.15) is 10.2 Å². The number of benzene rings is 1. The van der Waals surface area contributed by atoms with Crippen molar-refractivity contribution in [1.82, 2.24) is 24.7 Å². The first-order chi connectivity index (χ1) is 19.4. The number of hydrogen-bond acceptors (Lipinski definition) is 11. The van der Waals surface area contributed by atoms with E-state index in [0.717, 1.165) is 0 Å². The molecule has 13 nitrogen and oxygen atoms in total. The molecule has 1 aliphatic heterocycles. The fourth-order valence-electron chi connectivity index (χ4n) is 5.22. The number of nitrogens with zero attached hydrogens (tertiary/aromatic N) is 4. The molecule has 1 aliphatic carbocycles. The summed E-state index contributed by atoms with van der Waals surface area (Å²) in [5.41, 5.74) is 2.64. The van der Waals surface area contributed by atoms with E-state index in [1.54, 1.807) is 44.2 Å². The molecule has 15 heteroatoms. The lowest BCUT2D eigenvalue weighted by Crippen LogP contribution is -2.51. The number of fused-ring (bicyclic) bond motifs is 1. The van der Waals surface area contributed by atoms with Crippen molar-refractivity contribution in [2.45, 2.75) is 82.1 Å². The van der Waals surface area contributed by atoms with Gasteiger partial charge >= 0.3 is 13.7 Å². The lowest BCUT2D eigenvalue weighted by molar-refractivity contribution is -0.154. The second-order valence-corrected chi connectivity index (χ2v) is 12.4. The minimum Gasteiger partial charge on any atom is -0.462 e. The molecule has 2 fully saturated rings. The molecule has 4 N–H and O–H groups in total. The van der Waals surface area contributed by atoms with Crippen LogP contribution in [-0.2, 0) is 23.4 Å². The van der Waals surface area contributed by atoms with Crippen LogP contribution in [-0.4, -0.2) is 66.8 Å². The molecule has 1 saturated heterocycles. The van der Waals surface area contributed by atoms with Crippen molar-refractivity contribution in [2.24, 2.45) is 0 Å². The topological polar surface area (TPSA) is 172 Å². The van der Waals surface area contributed by atoms with Crippen molar-refractivity contribution in [3.05, 3.63) is 48.5 Å². The first-order valence-corrected chi connectivity index (χ1v) is 14.9. The highest BCUT2D eigenvalue weighted by atomic mass is 31.2. The molecule has 5 rings (SSSR count). The number of nitrogens with one attached hydrogen (secondary N) is 1. The zero-order chi connectivity index (χ0) is 29.4. The van der Waals surface area contributed by atoms with E-state index in [4.69, 9.17) is 24.3 Å². The summed E-state index contributed by atoms with van der Waals surface area (Å²) in [6.07, 6.45) is -0.0119. The normalized spacial score (nSPS) is 27.2. The number of carbonyl (C=O) groups is 1. The van der Waals surface area contributed by atoms with Crippen LogP contribution in [0, 0.1) is 0 Å². The monoisotopic (exact) mass is 592 g/mol. The predicted octanol–water partition coefficient (Wildman–Crippen LogP) is 3.29. The van der Waals surface area contributed by atoms with Crippen LogP contribution in [0.4, 0.5) is 10.2 Å². The number of esters is 1. The molecule has 1 aromatic carbocycles. The molecule has 0 bridgehead atoms. The number of ether oxygens (including phenoxy) is 2. The molecule has 3 heterocycles. The number of aliphatic hydroxyl groups is 1. The molecule has 2 aromatic heterocycles. The quantitative estimate of drug-likeness (QED) is 0.232. The molecular formula is C26H34FN6O7P. The second kappa shape index (κ2) is 11.3. The maximum Gasteiger partial charge on any atom is 0.459 e. The number of rotatable bonds is 10. The number of aromatic nitrogens is 4. The Kier molecular flexibility index (Phi) is 8.05. The lowest BCUT2D eigenvalue weighted by atomic mass is 9.93. The zero-order valence-electron chi connectivity index (χ0n) is 23.0. The van der Waals surface area contributed by atoms with Gasteiger partial charge in [0.05, 0.1) is 24.6 Å². The molecule has 0 spiro atoms. The third-order valence-corrected chi connectivity index (χ3v) is 8.94. The van der Waals surface area contributed by atoms with Gasteiger partial charge in [0.25, 0.3) is 0 Å². The second-order valence-electron chi connectivity index (χ2n) is 10.8. The number of nitrogens with two attached hydrogens (primary N) is 1. The molecule has 5 atom stereocenters. The Labute approximate surface area is 236 Å². The van der Waals surface area contributed by atoms with Crippen LogP contribution >= 0.6 is 7.75 Å². The van der Waals surface area contributed by atoms with Crippen molar-refractivity contribution in [1.29, 1.82) is 0 Å². The van der Waals surface area contributed by atoms with Crippen LogP contribution < -0.4 is 15.3 Å². The molecule has 41 heavy (non-hydrogen) atoms. The molecule has 3 aromatic rings. The van der Waals surface area contributed by atoms with Gasteiger partial charge in [0, 0.05) is 0 Å². The molecular weight excluding hydrogens is 558 g/mol. The third-order valence-electron chi connectivity index (χ3n) is 7.30. The lowest BCUT2D eigenvalue weighted by Gasteiger charge is -2.33. The van der Waals surface area contributed by atoms with E-state index in [9.17, 15) is 14.5 Å². The summed E-state index contributed by atoms with van der Waals surface area (Å²) >= 11 is 0. The van der Waals surface area contributed by atoms with Crippen molar-refractivity contribution in [3.63, 3.8) is 0 Å². The van der Waals surface area contributed by atoms with Crippen molar-refractivity contribution in [3.8, 4) is 5.75 Å². The Morgan fingerprint density at radius 1 is 1.29 bits per heavy atom. The van der Waals surface area contributed by atoms with Gasteiger partial charge in [-0.25, -0.2) is 23.4 Å². The highest BCUT2D eigenvalue weighted by Crippen LogP contribution is 2.51. The van der Waals surface area contributed by atoms with E-state index in [2.05, 4.69) is 20.2 Å². The number of nitrogen functional groups attached to an aromatic ring is 1. The number of carbonyl (C=O) groups excluding carboxylic acids is 1. The van der Waals surface area contributed by atoms with Crippen LogP contribution in [0.25, 0.3) is 5.65 Å². The Balaban J connectivity index is 1.40. The van der Waals surface area contributed by atoms with Gasteiger partial charge in [0.2, 0.25) is 0 Å². The third kappa shape index (κ3) is 5.80. The molecule has 1 unspecified atom stereocenters. The zero-order valence-corrected chi connectivity index (χ0v) is 23.9. The van der Waals surface area contributed by atoms with Crippen LogP contribution in [0.2, 0.25) is 0 Å². The highest BCUT2D eigenvalue weighted by Gasteiger charge is 2.57. The van der Waals surface area contributed by atoms with Gasteiger partial charge in [0.15, 0.2) is 17.1 Å². The van der Waals surface area contributed by atoms with Crippen molar-refractivity contribution < 1.29 is 37.4 Å². The standard InChI is InChI=1S/C26H34FN6O7P/c1-16(2)38-24(35)26(11-7-8-12-26)32-41(36,40-17-9-5-4-6-10-17)37-14-19-20(34)25(3,27)21(39-19)18-13-29-23-22(28)30-15-31-33(18)23/h4-6,9-10,13,15-16,19-21,34H,7-8,11-12,14H2,1-3H3,(H,32,36)(H2,28,30,31)/t19-,20-,21+,25-,41?/m1/s1. The van der Waals surface area contributed by atoms with E-state index in [-0.39, 0.29) is 22.9 Å². The van der Waals surface area contributed by atoms with E-state index in [1.807, 2.05) is 0 Å². The van der Waals surface area contributed by atoms with Crippen LogP contribution in [0.3, 0.4) is 0 Å². The van der Waals surface area contributed by atoms with Gasteiger partial charge in [-0.05, 0) is 45.7 Å². The Morgan fingerprint density at radius 2 is 2.00 bits per heavy atom. The fraction of sp³-hybridized carbons (Fsp3) is 0.538. The highest BCUT2D eigenvalue weighted by molar-refractivity contribution is 7.52. The molecule has 0 radical (unpaired) electrons. The van der Waals surface area contributed by atoms with Gasteiger partial charge in [-0.3, -0.25) is 9.32 Å². The maximum atomic E-state index is 16.0. The Morgan fingerprint density at radius 3 is 2.68 bits per heavy atom. The average Bonchev–Trinajstić information content (AvgIpc) is 3.62. The van der Waals surface area contributed by atoms with Gasteiger partial charge in [-0.1, -0.05) is 31.0 Å². The predicted molar refractivity (Wildman–Crippen MR) is 145 cm³/mol. The Bertz CT molecular complexity index is 1430. The van der Waals surface area contributed by atoms with E-state index < -0.39 is 55.9 Å². The Hall–Kier alpha value is -3.16. The smallest absolute Gasteiger partial charge is 0.459 e. The minimum atomic E-state index is -4.32. The van der Waals surface area contributed by atoms with E-state index in [1.165, 1.54) is 24.0 Å². The number of hydrogen-bond donors (Lipinski definition) is 3. The molecule has 0 amide bonds. The molecule has 1 saturated carbocycles. The largest absolute Gasteiger partial charge is 0.462 e. The SMILES string of the molecule is CC(C)OC(=O)C1(NP(=O)(OC[C@H]2O[C@@H](c3cnc4c(N)ncnn34)[C@](C)(F)[C@@H]2O)Oc2ccccc2)CCCC1. The number of aliphatic hydroxyl groups excluding tert-OH is 1. The number of imidazole rings is 1. The van der Waals surface area contributed by atoms with Crippen LogP contribution in [0.5, 0.6) is 5.75 Å². The van der Waals surface area contributed by atoms with Crippen LogP contribution in [0.1, 0.15) is 58.3 Å². The summed E-state index contributed by atoms with van der Waals surface area (Å²) in [6.45, 7) is 4.10. The number of halogens is 1. The summed E-state index contributed by atoms with van der Waals surface area (Å²) in [7, 11) is -4.32. The van der Waals surface area contributed by atoms with Crippen LogP contribution in [0.15, 0.2) is 42.9 Å². The van der Waals surface area contributed by atoms with E-state index >= 15 is 4.39 Å². The van der Waals surface area contributed by atoms with Gasteiger partial charge < -0.3 is 24.8 Å². The van der Waals surface area contributed by atoms with Crippen molar-refractivity contribution in [2.75, 3.05) is 12.3 Å². The summed E-state index contributed by atoms with van der Waals surface area (Å²) < 4.78 is 54.5. The minimum absolute atomic E-state index is 0.0900. The number of alkyl halides is 1. The summed E-state index contributed by atoms with van der Waals surface area (Å²) in [5, 5.41) is 17.9. The maximum absolute atomic E-state index is 16.0. The van der Waals surface area contributed by atoms with Gasteiger partial charge in [0.1, 0.15) is 35.9 Å². The van der Waals surface area contributed by atoms with Gasteiger partial charge in [-0.15, -0.1) is 0 Å². The molecule has 222 valence electrons. The first kappa shape index (κ1) is 29.3. The van der Waals surface area contributed by atoms with Crippen molar-refractivity contribution >= 4 is 25.2 Å². The number of para-hydroxylation sites is 1. The number of anilines is 1. The first-order valence-electron chi connectivity index (χ1n) is 13.4. The summed E-state index contributed by atoms with van der Waals surface area (Å²) in [5.74, 6) is -0.252. The average molecular weight is 593 g/mol.